The van der Waals surface area contributed by atoms with Crippen molar-refractivity contribution in [3.63, 3.8) is 0 Å². The first-order chi connectivity index (χ1) is 15.4. The van der Waals surface area contributed by atoms with Crippen molar-refractivity contribution in [1.82, 2.24) is 9.13 Å². The maximum absolute atomic E-state index is 12.8. The molecular weight excluding hydrogens is 463 g/mol. The predicted octanol–water partition coefficient (Wildman–Crippen LogP) is 6.22. The van der Waals surface area contributed by atoms with Crippen molar-refractivity contribution >= 4 is 29.2 Å². The fraction of sp³-hybridized carbons (Fsp3) is 0.360. The predicted molar refractivity (Wildman–Crippen MR) is 132 cm³/mol. The molecule has 1 unspecified atom stereocenters. The lowest BCUT2D eigenvalue weighted by atomic mass is 9.84. The zero-order valence-corrected chi connectivity index (χ0v) is 20.9. The Morgan fingerprint density at radius 2 is 1.73 bits per heavy atom. The Hall–Kier alpha value is -2.70. The SMILES string of the molecule is CC(CC(=O)Oc1ccc(-c2c(O)n(-c3ccc(Cl)c(Cl)c3)c(=O)n2C)cc1)CC(C)(C)C. The molecule has 0 bridgehead atoms. The number of aromatic hydroxyl groups is 1. The minimum atomic E-state index is -0.441. The van der Waals surface area contributed by atoms with Gasteiger partial charge in [0.2, 0.25) is 5.88 Å². The van der Waals surface area contributed by atoms with Gasteiger partial charge in [-0.05, 0) is 60.2 Å². The second-order valence-corrected chi connectivity index (χ2v) is 10.3. The molecule has 3 rings (SSSR count). The van der Waals surface area contributed by atoms with Gasteiger partial charge in [-0.1, -0.05) is 50.9 Å². The minimum absolute atomic E-state index is 0.146. The van der Waals surface area contributed by atoms with E-state index in [1.807, 2.05) is 6.92 Å². The van der Waals surface area contributed by atoms with E-state index in [1.54, 1.807) is 43.4 Å². The second kappa shape index (κ2) is 9.65. The number of imidazole rings is 1. The van der Waals surface area contributed by atoms with Gasteiger partial charge in [0.1, 0.15) is 11.4 Å². The summed E-state index contributed by atoms with van der Waals surface area (Å²) in [5.74, 6) is 0.0895. The number of esters is 1. The van der Waals surface area contributed by atoms with Crippen LogP contribution in [0.3, 0.4) is 0 Å². The molecule has 1 N–H and O–H groups in total. The van der Waals surface area contributed by atoms with Gasteiger partial charge in [0.25, 0.3) is 0 Å². The van der Waals surface area contributed by atoms with E-state index in [-0.39, 0.29) is 28.2 Å². The van der Waals surface area contributed by atoms with Crippen LogP contribution in [-0.2, 0) is 11.8 Å². The van der Waals surface area contributed by atoms with E-state index in [0.717, 1.165) is 11.0 Å². The van der Waals surface area contributed by atoms with Crippen molar-refractivity contribution in [2.45, 2.75) is 40.5 Å². The summed E-state index contributed by atoms with van der Waals surface area (Å²) in [5.41, 5.74) is 1.01. The Morgan fingerprint density at radius 3 is 2.30 bits per heavy atom. The van der Waals surface area contributed by atoms with Crippen LogP contribution in [0.2, 0.25) is 10.0 Å². The van der Waals surface area contributed by atoms with E-state index in [1.165, 1.54) is 10.6 Å². The maximum atomic E-state index is 12.8. The number of ether oxygens (including phenoxy) is 1. The van der Waals surface area contributed by atoms with Gasteiger partial charge in [-0.3, -0.25) is 9.36 Å². The van der Waals surface area contributed by atoms with Crippen LogP contribution in [0.5, 0.6) is 11.6 Å². The molecule has 0 radical (unpaired) electrons. The molecule has 3 aromatic rings. The van der Waals surface area contributed by atoms with E-state index in [2.05, 4.69) is 20.8 Å². The van der Waals surface area contributed by atoms with Crippen LogP contribution in [0.25, 0.3) is 16.9 Å². The van der Waals surface area contributed by atoms with E-state index in [0.29, 0.717) is 34.1 Å². The molecular formula is C25H28Cl2N2O4. The molecule has 176 valence electrons. The Labute approximate surface area is 203 Å². The van der Waals surface area contributed by atoms with Gasteiger partial charge in [-0.2, -0.15) is 0 Å². The lowest BCUT2D eigenvalue weighted by Gasteiger charge is -2.22. The molecule has 0 aliphatic heterocycles. The first-order valence-electron chi connectivity index (χ1n) is 10.6. The molecule has 2 aromatic carbocycles. The number of nitrogens with zero attached hydrogens (tertiary/aromatic N) is 2. The third-order valence-electron chi connectivity index (χ3n) is 5.23. The maximum Gasteiger partial charge on any atom is 0.335 e. The Kier molecular flexibility index (Phi) is 7.29. The normalized spacial score (nSPS) is 12.6. The third-order valence-corrected chi connectivity index (χ3v) is 5.97. The molecule has 0 saturated heterocycles. The zero-order valence-electron chi connectivity index (χ0n) is 19.4. The number of halogens is 2. The summed E-state index contributed by atoms with van der Waals surface area (Å²) < 4.78 is 7.97. The summed E-state index contributed by atoms with van der Waals surface area (Å²) >= 11 is 12.0. The van der Waals surface area contributed by atoms with Gasteiger partial charge in [-0.25, -0.2) is 9.36 Å². The van der Waals surface area contributed by atoms with Gasteiger partial charge >= 0.3 is 11.7 Å². The minimum Gasteiger partial charge on any atom is -0.493 e. The average molecular weight is 491 g/mol. The zero-order chi connectivity index (χ0) is 24.5. The molecule has 1 aromatic heterocycles. The smallest absolute Gasteiger partial charge is 0.335 e. The van der Waals surface area contributed by atoms with Crippen LogP contribution in [0.15, 0.2) is 47.3 Å². The van der Waals surface area contributed by atoms with E-state index >= 15 is 0 Å². The number of carbonyl (C=O) groups is 1. The van der Waals surface area contributed by atoms with Gasteiger partial charge in [0, 0.05) is 19.0 Å². The topological polar surface area (TPSA) is 73.5 Å². The molecule has 33 heavy (non-hydrogen) atoms. The lowest BCUT2D eigenvalue weighted by Crippen LogP contribution is -2.21. The van der Waals surface area contributed by atoms with E-state index in [4.69, 9.17) is 27.9 Å². The van der Waals surface area contributed by atoms with Crippen LogP contribution in [-0.4, -0.2) is 20.2 Å². The number of hydrogen-bond acceptors (Lipinski definition) is 4. The summed E-state index contributed by atoms with van der Waals surface area (Å²) in [6.07, 6.45) is 1.25. The molecule has 0 saturated carbocycles. The van der Waals surface area contributed by atoms with E-state index in [9.17, 15) is 14.7 Å². The lowest BCUT2D eigenvalue weighted by molar-refractivity contribution is -0.135. The van der Waals surface area contributed by atoms with Crippen molar-refractivity contribution in [2.75, 3.05) is 0 Å². The van der Waals surface area contributed by atoms with Gasteiger partial charge in [-0.15, -0.1) is 0 Å². The average Bonchev–Trinajstić information content (AvgIpc) is 2.92. The number of carbonyl (C=O) groups excluding carboxylic acids is 1. The van der Waals surface area contributed by atoms with E-state index < -0.39 is 5.69 Å². The highest BCUT2D eigenvalue weighted by molar-refractivity contribution is 6.42. The van der Waals surface area contributed by atoms with Crippen molar-refractivity contribution in [3.8, 4) is 28.6 Å². The summed E-state index contributed by atoms with van der Waals surface area (Å²) in [5, 5.41) is 11.5. The molecule has 8 heteroatoms. The number of hydrogen-bond donors (Lipinski definition) is 1. The highest BCUT2D eigenvalue weighted by atomic mass is 35.5. The van der Waals surface area contributed by atoms with Gasteiger partial charge < -0.3 is 9.84 Å². The summed E-state index contributed by atoms with van der Waals surface area (Å²) in [6.45, 7) is 8.47. The summed E-state index contributed by atoms with van der Waals surface area (Å²) in [4.78, 5) is 25.1. The molecule has 0 spiro atoms. The third kappa shape index (κ3) is 5.81. The largest absolute Gasteiger partial charge is 0.493 e. The monoisotopic (exact) mass is 490 g/mol. The Morgan fingerprint density at radius 1 is 1.09 bits per heavy atom. The Bertz CT molecular complexity index is 1220. The highest BCUT2D eigenvalue weighted by Crippen LogP contribution is 2.33. The van der Waals surface area contributed by atoms with Crippen molar-refractivity contribution in [2.24, 2.45) is 18.4 Å². The van der Waals surface area contributed by atoms with Crippen molar-refractivity contribution in [3.05, 3.63) is 63.0 Å². The van der Waals surface area contributed by atoms with Crippen molar-refractivity contribution < 1.29 is 14.6 Å². The highest BCUT2D eigenvalue weighted by Gasteiger charge is 2.21. The quantitative estimate of drug-likeness (QED) is 0.328. The molecule has 0 fully saturated rings. The molecule has 0 aliphatic carbocycles. The second-order valence-electron chi connectivity index (χ2n) is 9.52. The van der Waals surface area contributed by atoms with Crippen LogP contribution < -0.4 is 10.4 Å². The molecule has 0 amide bonds. The van der Waals surface area contributed by atoms with Gasteiger partial charge in [0.05, 0.1) is 15.7 Å². The molecule has 6 nitrogen and oxygen atoms in total. The molecule has 0 aliphatic rings. The summed E-state index contributed by atoms with van der Waals surface area (Å²) in [6, 6.07) is 11.3. The molecule has 1 heterocycles. The van der Waals surface area contributed by atoms with Crippen LogP contribution >= 0.6 is 23.2 Å². The van der Waals surface area contributed by atoms with Crippen molar-refractivity contribution in [1.29, 1.82) is 0 Å². The van der Waals surface area contributed by atoms with Crippen LogP contribution in [0, 0.1) is 11.3 Å². The number of aromatic nitrogens is 2. The standard InChI is InChI=1S/C25H28Cl2N2O4/c1-15(14-25(2,3)4)12-21(30)33-18-9-6-16(7-10-18)22-23(31)29(24(32)28(22)5)17-8-11-19(26)20(27)13-17/h6-11,13,15,31H,12,14H2,1-5H3. The fourth-order valence-electron chi connectivity index (χ4n) is 4.03. The summed E-state index contributed by atoms with van der Waals surface area (Å²) in [7, 11) is 1.57. The number of benzene rings is 2. The first-order valence-corrected chi connectivity index (χ1v) is 11.4. The Balaban J connectivity index is 1.82. The molecule has 1 atom stereocenters. The van der Waals surface area contributed by atoms with Gasteiger partial charge in [0.15, 0.2) is 0 Å². The van der Waals surface area contributed by atoms with Crippen LogP contribution in [0.4, 0.5) is 0 Å². The van der Waals surface area contributed by atoms with Crippen LogP contribution in [0.1, 0.15) is 40.5 Å². The number of rotatable bonds is 6. The first kappa shape index (κ1) is 24.9. The fourth-order valence-corrected chi connectivity index (χ4v) is 4.32.